The summed E-state index contributed by atoms with van der Waals surface area (Å²) in [4.78, 5) is 35.7. The number of rotatable bonds is 21. The number of esters is 1. The third-order valence-corrected chi connectivity index (χ3v) is 17.4. The molecule has 0 aliphatic carbocycles. The summed E-state index contributed by atoms with van der Waals surface area (Å²) >= 11 is 0. The first kappa shape index (κ1) is 46.5. The molecular weight excluding hydrogens is 724 g/mol. The van der Waals surface area contributed by atoms with Gasteiger partial charge in [0.1, 0.15) is 18.3 Å². The molecule has 10 nitrogen and oxygen atoms in total. The van der Waals surface area contributed by atoms with E-state index in [1.54, 1.807) is 20.8 Å². The Kier molecular flexibility index (Phi) is 17.2. The summed E-state index contributed by atoms with van der Waals surface area (Å²) in [7, 11) is -7.80. The molecule has 1 heterocycles. The fourth-order valence-corrected chi connectivity index (χ4v) is 14.3. The molecule has 1 aliphatic rings. The minimum absolute atomic E-state index is 0.0178. The molecule has 1 aliphatic heterocycles. The third-order valence-electron chi connectivity index (χ3n) is 10.8. The molecule has 1 saturated heterocycles. The van der Waals surface area contributed by atoms with Crippen molar-refractivity contribution in [3.63, 3.8) is 0 Å². The molecule has 0 amide bonds. The lowest BCUT2D eigenvalue weighted by molar-refractivity contribution is -0.396. The lowest BCUT2D eigenvalue weighted by Crippen LogP contribution is -2.76. The molecule has 3 rings (SSSR count). The molecule has 306 valence electrons. The molecule has 0 aromatic heterocycles. The van der Waals surface area contributed by atoms with E-state index in [0.717, 1.165) is 11.1 Å². The number of phosphoric ester groups is 1. The van der Waals surface area contributed by atoms with Crippen LogP contribution in [0.15, 0.2) is 60.7 Å². The first-order valence-corrected chi connectivity index (χ1v) is 23.6. The number of phosphoric acid groups is 1. The standard InChI is InChI=1S/C42H69O10PSi/c1-12-14-26-41(51-39(43)40(9,10)11)38(48-29-35-24-20-17-21-25-35)37(47-28-34-22-18-16-19-23-34)36(30-49-54(31(3)4,32(5)6)33(7)8)50-42(41,27-15-13-2)52-53(44,45)46/h16-25,31-33,36-38H,12-15,26-30H2,1-11H3,(H2,44,45,46)/t36-,37+,38-,41+,42+/m0/s1. The van der Waals surface area contributed by atoms with Gasteiger partial charge < -0.3 is 33.2 Å². The number of hydrogen-bond donors (Lipinski definition) is 2. The predicted octanol–water partition coefficient (Wildman–Crippen LogP) is 10.3. The zero-order valence-corrected chi connectivity index (χ0v) is 36.6. The van der Waals surface area contributed by atoms with E-state index in [2.05, 4.69) is 41.5 Å². The third kappa shape index (κ3) is 11.4. The SMILES string of the molecule is CCCC[C@]1(OP(=O)(O)O)O[C@@H](CO[Si](C(C)C)(C(C)C)C(C)C)[C@@H](OCc2ccccc2)[C@H](OCc2ccccc2)[C@@]1(CCCC)OC(=O)C(C)(C)C. The predicted molar refractivity (Wildman–Crippen MR) is 215 cm³/mol. The topological polar surface area (TPSA) is 130 Å². The Morgan fingerprint density at radius 2 is 1.30 bits per heavy atom. The van der Waals surface area contributed by atoms with Gasteiger partial charge in [0.05, 0.1) is 25.2 Å². The molecule has 2 N–H and O–H groups in total. The molecule has 54 heavy (non-hydrogen) atoms. The van der Waals surface area contributed by atoms with Crippen molar-refractivity contribution in [2.45, 2.75) is 174 Å². The Morgan fingerprint density at radius 3 is 1.74 bits per heavy atom. The molecule has 12 heteroatoms. The molecule has 0 spiro atoms. The van der Waals surface area contributed by atoms with Crippen molar-refractivity contribution in [1.29, 1.82) is 0 Å². The number of carbonyl (C=O) groups excluding carboxylic acids is 1. The van der Waals surface area contributed by atoms with Gasteiger partial charge in [-0.05, 0) is 67.8 Å². The Labute approximate surface area is 326 Å². The molecule has 0 unspecified atom stereocenters. The summed E-state index contributed by atoms with van der Waals surface area (Å²) in [6.07, 6.45) is -0.470. The number of ether oxygens (including phenoxy) is 4. The van der Waals surface area contributed by atoms with E-state index < -0.39 is 57.2 Å². The van der Waals surface area contributed by atoms with E-state index >= 15 is 0 Å². The van der Waals surface area contributed by atoms with Crippen molar-refractivity contribution in [2.75, 3.05) is 6.61 Å². The first-order chi connectivity index (χ1) is 25.3. The summed E-state index contributed by atoms with van der Waals surface area (Å²) in [5.41, 5.74) is -0.300. The van der Waals surface area contributed by atoms with Crippen LogP contribution < -0.4 is 0 Å². The fourth-order valence-electron chi connectivity index (χ4n) is 8.19. The van der Waals surface area contributed by atoms with Crippen molar-refractivity contribution in [3.05, 3.63) is 71.8 Å². The van der Waals surface area contributed by atoms with E-state index in [1.165, 1.54) is 0 Å². The Hall–Kier alpha value is -1.92. The Bertz CT molecular complexity index is 1440. The maximum absolute atomic E-state index is 14.3. The van der Waals surface area contributed by atoms with Gasteiger partial charge in [-0.1, -0.05) is 129 Å². The molecule has 5 atom stereocenters. The molecule has 2 aromatic carbocycles. The monoisotopic (exact) mass is 792 g/mol. The van der Waals surface area contributed by atoms with E-state index in [9.17, 15) is 19.1 Å². The van der Waals surface area contributed by atoms with Crippen LogP contribution in [0.4, 0.5) is 0 Å². The molecule has 0 radical (unpaired) electrons. The highest BCUT2D eigenvalue weighted by atomic mass is 31.2. The Balaban J connectivity index is 2.42. The second kappa shape index (κ2) is 20.0. The summed E-state index contributed by atoms with van der Waals surface area (Å²) in [5, 5.41) is 0. The maximum Gasteiger partial charge on any atom is 0.472 e. The zero-order chi connectivity index (χ0) is 40.4. The van der Waals surface area contributed by atoms with Crippen LogP contribution in [0, 0.1) is 5.41 Å². The van der Waals surface area contributed by atoms with Gasteiger partial charge in [0.15, 0.2) is 13.9 Å². The van der Waals surface area contributed by atoms with Crippen LogP contribution in [0.2, 0.25) is 16.6 Å². The van der Waals surface area contributed by atoms with Gasteiger partial charge in [0, 0.05) is 6.42 Å². The van der Waals surface area contributed by atoms with Crippen LogP contribution in [0.25, 0.3) is 0 Å². The van der Waals surface area contributed by atoms with Crippen LogP contribution in [0.5, 0.6) is 0 Å². The number of unbranched alkanes of at least 4 members (excludes halogenated alkanes) is 2. The second-order valence-electron chi connectivity index (χ2n) is 16.8. The van der Waals surface area contributed by atoms with E-state index in [-0.39, 0.29) is 49.3 Å². The number of benzene rings is 2. The van der Waals surface area contributed by atoms with E-state index in [0.29, 0.717) is 25.7 Å². The van der Waals surface area contributed by atoms with Crippen LogP contribution in [-0.2, 0) is 50.5 Å². The van der Waals surface area contributed by atoms with Crippen molar-refractivity contribution < 1.29 is 47.0 Å². The normalized spacial score (nSPS) is 24.0. The maximum atomic E-state index is 14.3. The highest BCUT2D eigenvalue weighted by Crippen LogP contribution is 2.57. The summed E-state index contributed by atoms with van der Waals surface area (Å²) < 4.78 is 54.1. The molecule has 2 aromatic rings. The largest absolute Gasteiger partial charge is 0.472 e. The zero-order valence-electron chi connectivity index (χ0n) is 34.7. The van der Waals surface area contributed by atoms with E-state index in [1.807, 2.05) is 74.5 Å². The van der Waals surface area contributed by atoms with Crippen molar-refractivity contribution in [3.8, 4) is 0 Å². The highest BCUT2D eigenvalue weighted by molar-refractivity contribution is 7.46. The van der Waals surface area contributed by atoms with Crippen molar-refractivity contribution >= 4 is 22.1 Å². The van der Waals surface area contributed by atoms with Gasteiger partial charge in [0.2, 0.25) is 5.79 Å². The fraction of sp³-hybridized carbons (Fsp3) is 0.690. The minimum atomic E-state index is -5.29. The average molecular weight is 793 g/mol. The molecule has 0 saturated carbocycles. The van der Waals surface area contributed by atoms with Gasteiger partial charge in [0.25, 0.3) is 0 Å². The van der Waals surface area contributed by atoms with Gasteiger partial charge in [-0.2, -0.15) is 0 Å². The van der Waals surface area contributed by atoms with Gasteiger partial charge in [-0.3, -0.25) is 4.79 Å². The Morgan fingerprint density at radius 1 is 0.815 bits per heavy atom. The van der Waals surface area contributed by atoms with Crippen molar-refractivity contribution in [1.82, 2.24) is 0 Å². The minimum Gasteiger partial charge on any atom is -0.450 e. The quantitative estimate of drug-likeness (QED) is 0.0716. The van der Waals surface area contributed by atoms with Gasteiger partial charge >= 0.3 is 13.8 Å². The van der Waals surface area contributed by atoms with Crippen molar-refractivity contribution in [2.24, 2.45) is 5.41 Å². The lowest BCUT2D eigenvalue weighted by Gasteiger charge is -2.59. The first-order valence-electron chi connectivity index (χ1n) is 19.9. The van der Waals surface area contributed by atoms with Gasteiger partial charge in [-0.15, -0.1) is 0 Å². The van der Waals surface area contributed by atoms with Crippen LogP contribution in [0.1, 0.15) is 126 Å². The van der Waals surface area contributed by atoms with Gasteiger partial charge in [-0.25, -0.2) is 9.09 Å². The summed E-state index contributed by atoms with van der Waals surface area (Å²) in [6.45, 7) is 22.8. The van der Waals surface area contributed by atoms with Crippen LogP contribution >= 0.6 is 7.82 Å². The lowest BCUT2D eigenvalue weighted by atomic mass is 9.73. The summed E-state index contributed by atoms with van der Waals surface area (Å²) in [6, 6.07) is 19.4. The molecule has 0 bridgehead atoms. The number of hydrogen-bond acceptors (Lipinski definition) is 8. The second-order valence-corrected chi connectivity index (χ2v) is 23.5. The average Bonchev–Trinajstić information content (AvgIpc) is 3.09. The molecular formula is C42H69O10PSi. The smallest absolute Gasteiger partial charge is 0.450 e. The van der Waals surface area contributed by atoms with Crippen LogP contribution in [-0.4, -0.2) is 60.4 Å². The van der Waals surface area contributed by atoms with E-state index in [4.69, 9.17) is 27.9 Å². The number of carbonyl (C=O) groups is 1. The molecule has 1 fully saturated rings. The summed E-state index contributed by atoms with van der Waals surface area (Å²) in [5.74, 6) is -2.70. The highest BCUT2D eigenvalue weighted by Gasteiger charge is 2.70. The van der Waals surface area contributed by atoms with Crippen LogP contribution in [0.3, 0.4) is 0 Å².